The van der Waals surface area contributed by atoms with Crippen LogP contribution in [0.3, 0.4) is 0 Å². The number of nitrogens with zero attached hydrogens (tertiary/aromatic N) is 2. The summed E-state index contributed by atoms with van der Waals surface area (Å²) in [5.74, 6) is -0.913. The standard InChI is InChI=1S/C35H36BrCl2N3O4S/c1-4-25(3)39-35(43)33(20-26-9-6-5-7-10-26)40(22-27-15-18-31(37)32(38)19-27)34(42)23-41(29-12-8-11-28(36)21-29)46(44,45)30-16-13-24(2)14-17-30/h5-19,21,25,33H,4,20,22-23H2,1-3H3,(H,39,43)/t25-,33-/m1/s1. The fraction of sp³-hybridized carbons (Fsp3) is 0.257. The average molecular weight is 746 g/mol. The molecule has 7 nitrogen and oxygen atoms in total. The second-order valence-electron chi connectivity index (χ2n) is 11.1. The smallest absolute Gasteiger partial charge is 0.264 e. The lowest BCUT2D eigenvalue weighted by Crippen LogP contribution is -2.54. The van der Waals surface area contributed by atoms with Gasteiger partial charge in [0.25, 0.3) is 10.0 Å². The number of rotatable bonds is 13. The van der Waals surface area contributed by atoms with E-state index in [4.69, 9.17) is 23.2 Å². The Morgan fingerprint density at radius 3 is 2.20 bits per heavy atom. The van der Waals surface area contributed by atoms with Crippen molar-refractivity contribution in [3.63, 3.8) is 0 Å². The van der Waals surface area contributed by atoms with Gasteiger partial charge in [0.15, 0.2) is 0 Å². The number of sulfonamides is 1. The third-order valence-corrected chi connectivity index (χ3v) is 10.6. The number of hydrogen-bond acceptors (Lipinski definition) is 4. The van der Waals surface area contributed by atoms with E-state index in [2.05, 4.69) is 21.2 Å². The molecule has 0 aliphatic rings. The van der Waals surface area contributed by atoms with E-state index in [0.717, 1.165) is 15.4 Å². The molecule has 0 aromatic heterocycles. The second-order valence-corrected chi connectivity index (χ2v) is 14.7. The molecule has 1 N–H and O–H groups in total. The first-order valence-electron chi connectivity index (χ1n) is 14.8. The maximum absolute atomic E-state index is 14.6. The molecule has 0 radical (unpaired) electrons. The third-order valence-electron chi connectivity index (χ3n) is 7.59. The molecule has 4 aromatic rings. The van der Waals surface area contributed by atoms with Crippen LogP contribution >= 0.6 is 39.1 Å². The number of amides is 2. The minimum absolute atomic E-state index is 0.0158. The first-order valence-corrected chi connectivity index (χ1v) is 17.8. The molecule has 0 bridgehead atoms. The number of nitrogens with one attached hydrogen (secondary N) is 1. The zero-order valence-corrected chi connectivity index (χ0v) is 29.7. The molecule has 0 saturated carbocycles. The van der Waals surface area contributed by atoms with Crippen LogP contribution in [-0.4, -0.2) is 43.8 Å². The average Bonchev–Trinajstić information content (AvgIpc) is 3.03. The fourth-order valence-corrected chi connectivity index (χ4v) is 6.94. The SMILES string of the molecule is CC[C@@H](C)NC(=O)[C@@H](Cc1ccccc1)N(Cc1ccc(Cl)c(Cl)c1)C(=O)CN(c1cccc(Br)c1)S(=O)(=O)c1ccc(C)cc1. The van der Waals surface area contributed by atoms with E-state index in [9.17, 15) is 18.0 Å². The van der Waals surface area contributed by atoms with E-state index in [1.807, 2.05) is 51.1 Å². The Morgan fingerprint density at radius 2 is 1.57 bits per heavy atom. The number of carbonyl (C=O) groups excluding carboxylic acids is 2. The van der Waals surface area contributed by atoms with Gasteiger partial charge in [0.05, 0.1) is 20.6 Å². The van der Waals surface area contributed by atoms with E-state index in [0.29, 0.717) is 32.2 Å². The van der Waals surface area contributed by atoms with Gasteiger partial charge in [-0.1, -0.05) is 106 Å². The molecule has 242 valence electrons. The molecular weight excluding hydrogens is 709 g/mol. The van der Waals surface area contributed by atoms with Gasteiger partial charge in [-0.25, -0.2) is 8.42 Å². The Hall–Kier alpha value is -3.37. The van der Waals surface area contributed by atoms with Crippen molar-refractivity contribution in [1.82, 2.24) is 10.2 Å². The summed E-state index contributed by atoms with van der Waals surface area (Å²) in [5, 5.41) is 3.68. The second kappa shape index (κ2) is 16.0. The Labute approximate surface area is 289 Å². The van der Waals surface area contributed by atoms with Crippen molar-refractivity contribution in [2.24, 2.45) is 0 Å². The van der Waals surface area contributed by atoms with Gasteiger partial charge in [0.2, 0.25) is 11.8 Å². The van der Waals surface area contributed by atoms with Crippen LogP contribution < -0.4 is 9.62 Å². The Bertz CT molecular complexity index is 1770. The van der Waals surface area contributed by atoms with Crippen molar-refractivity contribution in [2.45, 2.75) is 57.1 Å². The molecule has 0 unspecified atom stereocenters. The summed E-state index contributed by atoms with van der Waals surface area (Å²) in [6.45, 7) is 5.14. The fourth-order valence-electron chi connectivity index (χ4n) is 4.83. The molecule has 2 atom stereocenters. The predicted octanol–water partition coefficient (Wildman–Crippen LogP) is 7.81. The maximum atomic E-state index is 14.6. The molecule has 0 fully saturated rings. The molecule has 0 spiro atoms. The first kappa shape index (κ1) is 35.5. The molecule has 0 aliphatic carbocycles. The van der Waals surface area contributed by atoms with Crippen LogP contribution in [-0.2, 0) is 32.6 Å². The highest BCUT2D eigenvalue weighted by Gasteiger charge is 2.35. The number of halogens is 3. The molecule has 2 amide bonds. The zero-order chi connectivity index (χ0) is 33.4. The number of aryl methyl sites for hydroxylation is 1. The number of carbonyl (C=O) groups is 2. The predicted molar refractivity (Wildman–Crippen MR) is 189 cm³/mol. The van der Waals surface area contributed by atoms with Gasteiger partial charge < -0.3 is 10.2 Å². The van der Waals surface area contributed by atoms with E-state index in [1.54, 1.807) is 54.6 Å². The number of anilines is 1. The first-order chi connectivity index (χ1) is 21.9. The van der Waals surface area contributed by atoms with Crippen molar-refractivity contribution in [3.8, 4) is 0 Å². The quantitative estimate of drug-likeness (QED) is 0.151. The summed E-state index contributed by atoms with van der Waals surface area (Å²) in [5.41, 5.74) is 2.66. The van der Waals surface area contributed by atoms with Gasteiger partial charge in [-0.3, -0.25) is 13.9 Å². The van der Waals surface area contributed by atoms with E-state index in [-0.39, 0.29) is 29.8 Å². The van der Waals surface area contributed by atoms with Crippen LogP contribution in [0.2, 0.25) is 10.0 Å². The normalized spacial score (nSPS) is 12.7. The van der Waals surface area contributed by atoms with Gasteiger partial charge in [0, 0.05) is 23.5 Å². The molecule has 0 aliphatic heterocycles. The van der Waals surface area contributed by atoms with Crippen molar-refractivity contribution >= 4 is 66.7 Å². The van der Waals surface area contributed by atoms with Crippen LogP contribution in [0.1, 0.15) is 37.0 Å². The molecule has 0 heterocycles. The highest BCUT2D eigenvalue weighted by molar-refractivity contribution is 9.10. The molecule has 4 rings (SSSR count). The van der Waals surface area contributed by atoms with E-state index < -0.39 is 28.5 Å². The molecule has 11 heteroatoms. The molecule has 46 heavy (non-hydrogen) atoms. The summed E-state index contributed by atoms with van der Waals surface area (Å²) >= 11 is 16.0. The van der Waals surface area contributed by atoms with Gasteiger partial charge >= 0.3 is 0 Å². The molecule has 4 aromatic carbocycles. The Morgan fingerprint density at radius 1 is 0.870 bits per heavy atom. The Balaban J connectivity index is 1.82. The minimum atomic E-state index is -4.20. The summed E-state index contributed by atoms with van der Waals surface area (Å²) in [6, 6.07) is 26.5. The highest BCUT2D eigenvalue weighted by atomic mass is 79.9. The molecule has 0 saturated heterocycles. The van der Waals surface area contributed by atoms with E-state index in [1.165, 1.54) is 17.0 Å². The highest BCUT2D eigenvalue weighted by Crippen LogP contribution is 2.28. The largest absolute Gasteiger partial charge is 0.352 e. The minimum Gasteiger partial charge on any atom is -0.352 e. The summed E-state index contributed by atoms with van der Waals surface area (Å²) in [6.07, 6.45) is 0.897. The monoisotopic (exact) mass is 743 g/mol. The lowest BCUT2D eigenvalue weighted by molar-refractivity contribution is -0.140. The van der Waals surface area contributed by atoms with Crippen molar-refractivity contribution in [3.05, 3.63) is 128 Å². The van der Waals surface area contributed by atoms with Crippen molar-refractivity contribution < 1.29 is 18.0 Å². The van der Waals surface area contributed by atoms with Crippen molar-refractivity contribution in [1.29, 1.82) is 0 Å². The summed E-state index contributed by atoms with van der Waals surface area (Å²) < 4.78 is 30.0. The lowest BCUT2D eigenvalue weighted by Gasteiger charge is -2.34. The maximum Gasteiger partial charge on any atom is 0.264 e. The van der Waals surface area contributed by atoms with Crippen LogP contribution in [0.25, 0.3) is 0 Å². The van der Waals surface area contributed by atoms with Crippen LogP contribution in [0.15, 0.2) is 106 Å². The van der Waals surface area contributed by atoms with Gasteiger partial charge in [0.1, 0.15) is 12.6 Å². The van der Waals surface area contributed by atoms with Crippen LogP contribution in [0, 0.1) is 6.92 Å². The summed E-state index contributed by atoms with van der Waals surface area (Å²) in [4.78, 5) is 30.0. The van der Waals surface area contributed by atoms with Crippen LogP contribution in [0.4, 0.5) is 5.69 Å². The van der Waals surface area contributed by atoms with Gasteiger partial charge in [-0.2, -0.15) is 0 Å². The Kier molecular flexibility index (Phi) is 12.3. The zero-order valence-electron chi connectivity index (χ0n) is 25.8. The van der Waals surface area contributed by atoms with Crippen LogP contribution in [0.5, 0.6) is 0 Å². The molecular formula is C35H36BrCl2N3O4S. The topological polar surface area (TPSA) is 86.8 Å². The van der Waals surface area contributed by atoms with Gasteiger partial charge in [-0.05, 0) is 73.9 Å². The summed E-state index contributed by atoms with van der Waals surface area (Å²) in [7, 11) is -4.20. The van der Waals surface area contributed by atoms with E-state index >= 15 is 0 Å². The number of benzene rings is 4. The number of hydrogen-bond donors (Lipinski definition) is 1. The lowest BCUT2D eigenvalue weighted by atomic mass is 10.0. The van der Waals surface area contributed by atoms with Gasteiger partial charge in [-0.15, -0.1) is 0 Å². The van der Waals surface area contributed by atoms with Crippen molar-refractivity contribution in [2.75, 3.05) is 10.8 Å². The third kappa shape index (κ3) is 9.12.